The first-order valence-corrected chi connectivity index (χ1v) is 12.0. The molecule has 3 aromatic rings. The Balaban J connectivity index is 1.42. The van der Waals surface area contributed by atoms with Crippen LogP contribution in [0, 0.1) is 18.3 Å². The highest BCUT2D eigenvalue weighted by Gasteiger charge is 2.41. The third kappa shape index (κ3) is 4.76. The Hall–Kier alpha value is -4.14. The number of ether oxygens (including phenoxy) is 1. The lowest BCUT2D eigenvalue weighted by atomic mass is 10.0. The second-order valence-corrected chi connectivity index (χ2v) is 9.24. The number of imidazole rings is 1. The van der Waals surface area contributed by atoms with Gasteiger partial charge in [0.15, 0.2) is 0 Å². The van der Waals surface area contributed by atoms with Gasteiger partial charge in [-0.25, -0.2) is 10.4 Å². The van der Waals surface area contributed by atoms with E-state index >= 15 is 0 Å². The molecular formula is C27H25F3N6O2. The normalized spacial score (nSPS) is 17.7. The van der Waals surface area contributed by atoms with Crippen molar-refractivity contribution in [3.05, 3.63) is 88.6 Å². The highest BCUT2D eigenvalue weighted by molar-refractivity contribution is 6.11. The molecule has 1 saturated heterocycles. The first kappa shape index (κ1) is 25.5. The van der Waals surface area contributed by atoms with Crippen molar-refractivity contribution in [1.82, 2.24) is 20.0 Å². The molecule has 0 bridgehead atoms. The van der Waals surface area contributed by atoms with Crippen molar-refractivity contribution >= 4 is 17.2 Å². The molecule has 5 rings (SSSR count). The first-order valence-electron chi connectivity index (χ1n) is 12.0. The van der Waals surface area contributed by atoms with Crippen LogP contribution in [0.3, 0.4) is 0 Å². The molecule has 1 amide bonds. The van der Waals surface area contributed by atoms with Crippen LogP contribution in [0.1, 0.15) is 35.1 Å². The topological polar surface area (TPSA) is 86.4 Å². The summed E-state index contributed by atoms with van der Waals surface area (Å²) in [5, 5.41) is 11.1. The maximum atomic E-state index is 13.7. The van der Waals surface area contributed by atoms with Crippen molar-refractivity contribution in [2.24, 2.45) is 0 Å². The minimum atomic E-state index is -4.66. The lowest BCUT2D eigenvalue weighted by Gasteiger charge is -2.39. The molecular weight excluding hydrogens is 497 g/mol. The Morgan fingerprint density at radius 1 is 1.21 bits per heavy atom. The number of anilines is 1. The quantitative estimate of drug-likeness (QED) is 0.522. The third-order valence-electron chi connectivity index (χ3n) is 6.66. The summed E-state index contributed by atoms with van der Waals surface area (Å²) >= 11 is 0. The van der Waals surface area contributed by atoms with Gasteiger partial charge in [-0.2, -0.15) is 18.4 Å². The number of carbonyl (C=O) groups excluding carboxylic acids is 1. The Labute approximate surface area is 217 Å². The van der Waals surface area contributed by atoms with E-state index in [2.05, 4.69) is 10.4 Å². The number of aromatic nitrogens is 2. The van der Waals surface area contributed by atoms with Crippen LogP contribution in [0.15, 0.2) is 60.4 Å². The van der Waals surface area contributed by atoms with Gasteiger partial charge in [0.05, 0.1) is 35.5 Å². The number of alkyl halides is 3. The van der Waals surface area contributed by atoms with Crippen LogP contribution in [0.5, 0.6) is 0 Å². The SMILES string of the molecule is Cc1nc(C2=C3C(=O)N(c4ccc(C(F)(F)F)c(C#N)c4)CC(C)N3NC2)cn1COCc1ccccc1. The molecule has 1 fully saturated rings. The van der Waals surface area contributed by atoms with Gasteiger partial charge in [-0.3, -0.25) is 9.80 Å². The number of benzene rings is 2. The Morgan fingerprint density at radius 2 is 1.97 bits per heavy atom. The van der Waals surface area contributed by atoms with E-state index in [0.29, 0.717) is 35.9 Å². The molecule has 0 aliphatic carbocycles. The summed E-state index contributed by atoms with van der Waals surface area (Å²) in [4.78, 5) is 19.7. The largest absolute Gasteiger partial charge is 0.417 e. The van der Waals surface area contributed by atoms with Crippen LogP contribution in [-0.2, 0) is 29.0 Å². The maximum absolute atomic E-state index is 13.7. The second kappa shape index (κ2) is 9.96. The average Bonchev–Trinajstić information content (AvgIpc) is 3.50. The smallest absolute Gasteiger partial charge is 0.356 e. The van der Waals surface area contributed by atoms with Gasteiger partial charge >= 0.3 is 6.18 Å². The number of nitriles is 1. The monoisotopic (exact) mass is 522 g/mol. The molecule has 8 nitrogen and oxygen atoms in total. The van der Waals surface area contributed by atoms with Gasteiger partial charge in [0, 0.05) is 30.5 Å². The lowest BCUT2D eigenvalue weighted by Crippen LogP contribution is -2.55. The molecule has 11 heteroatoms. The van der Waals surface area contributed by atoms with Crippen molar-refractivity contribution in [3.8, 4) is 6.07 Å². The fourth-order valence-corrected chi connectivity index (χ4v) is 4.73. The fourth-order valence-electron chi connectivity index (χ4n) is 4.73. The van der Waals surface area contributed by atoms with Gasteiger partial charge in [-0.15, -0.1) is 0 Å². The third-order valence-corrected chi connectivity index (χ3v) is 6.66. The van der Waals surface area contributed by atoms with E-state index in [4.69, 9.17) is 4.74 Å². The van der Waals surface area contributed by atoms with Crippen molar-refractivity contribution < 1.29 is 22.7 Å². The Kier molecular flexibility index (Phi) is 6.69. The molecule has 1 atom stereocenters. The molecule has 3 heterocycles. The molecule has 2 aliphatic rings. The van der Waals surface area contributed by atoms with E-state index in [1.807, 2.05) is 54.9 Å². The number of hydrazine groups is 1. The number of carbonyl (C=O) groups is 1. The van der Waals surface area contributed by atoms with Crippen LogP contribution < -0.4 is 10.3 Å². The zero-order chi connectivity index (χ0) is 27.0. The number of hydrogen-bond donors (Lipinski definition) is 1. The molecule has 1 unspecified atom stereocenters. The van der Waals surface area contributed by atoms with Gasteiger partial charge in [0.1, 0.15) is 18.3 Å². The molecule has 0 saturated carbocycles. The summed E-state index contributed by atoms with van der Waals surface area (Å²) in [6.45, 7) is 5.10. The maximum Gasteiger partial charge on any atom is 0.417 e. The van der Waals surface area contributed by atoms with Crippen molar-refractivity contribution in [1.29, 1.82) is 5.26 Å². The minimum absolute atomic E-state index is 0.176. The zero-order valence-electron chi connectivity index (χ0n) is 20.8. The van der Waals surface area contributed by atoms with Crippen molar-refractivity contribution in [3.63, 3.8) is 0 Å². The molecule has 1 aromatic heterocycles. The van der Waals surface area contributed by atoms with Gasteiger partial charge in [-0.05, 0) is 37.6 Å². The van der Waals surface area contributed by atoms with Crippen LogP contribution in [0.25, 0.3) is 5.57 Å². The van der Waals surface area contributed by atoms with E-state index in [0.717, 1.165) is 17.7 Å². The van der Waals surface area contributed by atoms with E-state index in [1.165, 1.54) is 11.0 Å². The van der Waals surface area contributed by atoms with Gasteiger partial charge in [-0.1, -0.05) is 30.3 Å². The molecule has 38 heavy (non-hydrogen) atoms. The molecule has 2 aliphatic heterocycles. The standard InChI is InChI=1S/C27H25F3N6O2/c1-17-13-35(21-8-9-23(27(28,29)30)20(10-21)11-31)26(37)25-22(12-32-36(17)25)24-14-34(18(2)33-24)16-38-15-19-6-4-3-5-7-19/h3-10,14,17,32H,12-13,15-16H2,1-2H3. The summed E-state index contributed by atoms with van der Waals surface area (Å²) in [5.74, 6) is 0.341. The zero-order valence-corrected chi connectivity index (χ0v) is 20.8. The van der Waals surface area contributed by atoms with Crippen LogP contribution in [0.2, 0.25) is 0 Å². The van der Waals surface area contributed by atoms with Crippen LogP contribution in [-0.4, -0.2) is 39.6 Å². The molecule has 196 valence electrons. The molecule has 0 radical (unpaired) electrons. The van der Waals surface area contributed by atoms with Crippen molar-refractivity contribution in [2.75, 3.05) is 18.0 Å². The van der Waals surface area contributed by atoms with Gasteiger partial charge < -0.3 is 14.2 Å². The number of aryl methyl sites for hydroxylation is 1. The number of rotatable bonds is 6. The predicted octanol–water partition coefficient (Wildman–Crippen LogP) is 4.22. The van der Waals surface area contributed by atoms with E-state index in [1.54, 1.807) is 11.1 Å². The average molecular weight is 523 g/mol. The summed E-state index contributed by atoms with van der Waals surface area (Å²) in [5.41, 5.74) is 4.65. The summed E-state index contributed by atoms with van der Waals surface area (Å²) in [7, 11) is 0. The second-order valence-electron chi connectivity index (χ2n) is 9.24. The van der Waals surface area contributed by atoms with Gasteiger partial charge in [0.25, 0.3) is 5.91 Å². The number of hydrogen-bond acceptors (Lipinski definition) is 6. The number of nitrogens with zero attached hydrogens (tertiary/aromatic N) is 5. The van der Waals surface area contributed by atoms with E-state index in [9.17, 15) is 23.2 Å². The molecule has 1 N–H and O–H groups in total. The van der Waals surface area contributed by atoms with E-state index in [-0.39, 0.29) is 30.9 Å². The fraction of sp³-hybridized carbons (Fsp3) is 0.296. The van der Waals surface area contributed by atoms with E-state index < -0.39 is 17.3 Å². The molecule has 0 spiro atoms. The summed E-state index contributed by atoms with van der Waals surface area (Å²) in [6, 6.07) is 14.4. The van der Waals surface area contributed by atoms with Gasteiger partial charge in [0.2, 0.25) is 0 Å². The Morgan fingerprint density at radius 3 is 2.68 bits per heavy atom. The van der Waals surface area contributed by atoms with Crippen LogP contribution in [0.4, 0.5) is 18.9 Å². The summed E-state index contributed by atoms with van der Waals surface area (Å²) < 4.78 is 47.6. The first-order chi connectivity index (χ1) is 18.2. The number of fused-ring (bicyclic) bond motifs is 1. The number of halogens is 3. The number of piperazine rings is 1. The number of nitrogens with one attached hydrogen (secondary N) is 1. The van der Waals surface area contributed by atoms with Crippen LogP contribution >= 0.6 is 0 Å². The lowest BCUT2D eigenvalue weighted by molar-refractivity contribution is -0.137. The number of amides is 1. The molecule has 2 aromatic carbocycles. The highest BCUT2D eigenvalue weighted by Crippen LogP contribution is 2.36. The van der Waals surface area contributed by atoms with Crippen molar-refractivity contribution in [2.45, 2.75) is 39.4 Å². The minimum Gasteiger partial charge on any atom is -0.356 e. The highest BCUT2D eigenvalue weighted by atomic mass is 19.4. The summed E-state index contributed by atoms with van der Waals surface area (Å²) in [6.07, 6.45) is -2.83. The predicted molar refractivity (Wildman–Crippen MR) is 133 cm³/mol. The Bertz CT molecular complexity index is 1440.